The van der Waals surface area contributed by atoms with Crippen LogP contribution in [-0.2, 0) is 4.74 Å². The number of nitrogens with zero attached hydrogens (tertiary/aromatic N) is 5. The van der Waals surface area contributed by atoms with Gasteiger partial charge in [-0.15, -0.1) is 0 Å². The summed E-state index contributed by atoms with van der Waals surface area (Å²) < 4.78 is 5.97. The molecule has 5 rings (SSSR count). The molecule has 34 heavy (non-hydrogen) atoms. The molecule has 2 aliphatic rings. The van der Waals surface area contributed by atoms with E-state index in [1.54, 1.807) is 6.20 Å². The maximum atomic E-state index is 13.1. The van der Waals surface area contributed by atoms with Gasteiger partial charge in [0.2, 0.25) is 0 Å². The molecule has 1 atom stereocenters. The lowest BCUT2D eigenvalue weighted by atomic mass is 10.1. The van der Waals surface area contributed by atoms with E-state index in [2.05, 4.69) is 14.9 Å². The normalized spacial score (nSPS) is 19.4. The summed E-state index contributed by atoms with van der Waals surface area (Å²) >= 11 is 0. The summed E-state index contributed by atoms with van der Waals surface area (Å²) in [6.07, 6.45) is 1.49. The van der Waals surface area contributed by atoms with Gasteiger partial charge in [0, 0.05) is 51.4 Å². The van der Waals surface area contributed by atoms with Crippen LogP contribution in [0.1, 0.15) is 26.4 Å². The van der Waals surface area contributed by atoms with Crippen LogP contribution in [0, 0.1) is 6.92 Å². The minimum absolute atomic E-state index is 0.0644. The van der Waals surface area contributed by atoms with Crippen LogP contribution in [0.3, 0.4) is 0 Å². The quantitative estimate of drug-likeness (QED) is 0.596. The second kappa shape index (κ2) is 9.87. The topological polar surface area (TPSA) is 78.9 Å². The molecule has 2 aliphatic heterocycles. The average Bonchev–Trinajstić information content (AvgIpc) is 2.88. The molecule has 3 aromatic rings. The van der Waals surface area contributed by atoms with E-state index in [9.17, 15) is 9.59 Å². The largest absolute Gasteiger partial charge is 0.373 e. The van der Waals surface area contributed by atoms with Gasteiger partial charge in [-0.25, -0.2) is 4.98 Å². The van der Waals surface area contributed by atoms with Gasteiger partial charge in [0.15, 0.2) is 0 Å². The van der Waals surface area contributed by atoms with Crippen molar-refractivity contribution < 1.29 is 14.3 Å². The van der Waals surface area contributed by atoms with E-state index in [4.69, 9.17) is 4.74 Å². The Hall–Kier alpha value is -3.36. The van der Waals surface area contributed by atoms with Gasteiger partial charge in [-0.1, -0.05) is 29.8 Å². The minimum Gasteiger partial charge on any atom is -0.373 e. The molecule has 0 radical (unpaired) electrons. The molecule has 2 aromatic carbocycles. The van der Waals surface area contributed by atoms with Crippen LogP contribution in [0.2, 0.25) is 0 Å². The second-order valence-electron chi connectivity index (χ2n) is 8.95. The maximum absolute atomic E-state index is 13.1. The molecular weight excluding hydrogens is 430 g/mol. The van der Waals surface area contributed by atoms with Crippen molar-refractivity contribution >= 4 is 22.8 Å². The monoisotopic (exact) mass is 459 g/mol. The van der Waals surface area contributed by atoms with Crippen molar-refractivity contribution in [2.24, 2.45) is 0 Å². The number of carbonyl (C=O) groups excluding carboxylic acids is 2. The van der Waals surface area contributed by atoms with E-state index in [1.165, 1.54) is 0 Å². The Morgan fingerprint density at radius 1 is 0.912 bits per heavy atom. The zero-order valence-corrected chi connectivity index (χ0v) is 19.4. The third-order valence-electron chi connectivity index (χ3n) is 6.51. The van der Waals surface area contributed by atoms with Crippen LogP contribution in [0.5, 0.6) is 0 Å². The number of hydrogen-bond donors (Lipinski definition) is 0. The Labute approximate surface area is 199 Å². The Bertz CT molecular complexity index is 1170. The lowest BCUT2D eigenvalue weighted by molar-refractivity contribution is -0.0401. The Morgan fingerprint density at radius 3 is 2.41 bits per heavy atom. The first kappa shape index (κ1) is 22.4. The molecule has 8 heteroatoms. The number of ether oxygens (including phenoxy) is 1. The molecule has 0 saturated carbocycles. The fourth-order valence-electron chi connectivity index (χ4n) is 4.54. The fourth-order valence-corrected chi connectivity index (χ4v) is 4.54. The van der Waals surface area contributed by atoms with Crippen molar-refractivity contribution in [3.63, 3.8) is 0 Å². The molecule has 2 amide bonds. The van der Waals surface area contributed by atoms with Gasteiger partial charge in [-0.3, -0.25) is 19.5 Å². The van der Waals surface area contributed by atoms with Crippen molar-refractivity contribution in [2.45, 2.75) is 13.0 Å². The highest BCUT2D eigenvalue weighted by molar-refractivity contribution is 5.94. The van der Waals surface area contributed by atoms with Crippen LogP contribution in [-0.4, -0.2) is 95.0 Å². The van der Waals surface area contributed by atoms with Crippen molar-refractivity contribution in [3.8, 4) is 0 Å². The number of amides is 2. The fraction of sp³-hybridized carbons (Fsp3) is 0.385. The van der Waals surface area contributed by atoms with E-state index in [-0.39, 0.29) is 17.9 Å². The van der Waals surface area contributed by atoms with Gasteiger partial charge in [-0.05, 0) is 31.2 Å². The number of para-hydroxylation sites is 2. The van der Waals surface area contributed by atoms with Crippen molar-refractivity contribution in [2.75, 3.05) is 52.4 Å². The summed E-state index contributed by atoms with van der Waals surface area (Å²) in [5, 5.41) is 0. The number of hydrogen-bond acceptors (Lipinski definition) is 6. The highest BCUT2D eigenvalue weighted by Crippen LogP contribution is 2.15. The van der Waals surface area contributed by atoms with Gasteiger partial charge in [0.25, 0.3) is 11.8 Å². The summed E-state index contributed by atoms with van der Waals surface area (Å²) in [4.78, 5) is 40.7. The number of rotatable bonds is 4. The van der Waals surface area contributed by atoms with E-state index < -0.39 is 0 Å². The third-order valence-corrected chi connectivity index (χ3v) is 6.51. The lowest BCUT2D eigenvalue weighted by Crippen LogP contribution is -2.54. The minimum atomic E-state index is -0.111. The van der Waals surface area contributed by atoms with Crippen LogP contribution in [0.4, 0.5) is 0 Å². The van der Waals surface area contributed by atoms with E-state index in [0.29, 0.717) is 38.5 Å². The molecule has 176 valence electrons. The summed E-state index contributed by atoms with van der Waals surface area (Å²) in [6, 6.07) is 15.3. The predicted molar refractivity (Wildman–Crippen MR) is 129 cm³/mol. The summed E-state index contributed by atoms with van der Waals surface area (Å²) in [7, 11) is 0. The van der Waals surface area contributed by atoms with Crippen LogP contribution < -0.4 is 0 Å². The average molecular weight is 460 g/mol. The van der Waals surface area contributed by atoms with Gasteiger partial charge < -0.3 is 14.5 Å². The molecule has 8 nitrogen and oxygen atoms in total. The predicted octanol–water partition coefficient (Wildman–Crippen LogP) is 2.24. The molecule has 1 aromatic heterocycles. The smallest absolute Gasteiger partial charge is 0.274 e. The molecule has 2 saturated heterocycles. The molecule has 0 spiro atoms. The molecule has 0 aliphatic carbocycles. The Balaban J connectivity index is 1.15. The lowest BCUT2D eigenvalue weighted by Gasteiger charge is -2.39. The molecular formula is C26H29N5O3. The third kappa shape index (κ3) is 4.93. The highest BCUT2D eigenvalue weighted by atomic mass is 16.5. The number of morpholine rings is 1. The van der Waals surface area contributed by atoms with Gasteiger partial charge >= 0.3 is 0 Å². The van der Waals surface area contributed by atoms with E-state index in [1.807, 2.05) is 65.3 Å². The number of fused-ring (bicyclic) bond motifs is 1. The first-order chi connectivity index (χ1) is 16.6. The number of aryl methyl sites for hydroxylation is 1. The number of benzene rings is 2. The zero-order valence-electron chi connectivity index (χ0n) is 19.4. The van der Waals surface area contributed by atoms with Crippen molar-refractivity contribution in [1.82, 2.24) is 24.7 Å². The van der Waals surface area contributed by atoms with Gasteiger partial charge in [0.1, 0.15) is 5.69 Å². The molecule has 0 bridgehead atoms. The SMILES string of the molecule is Cc1ccc(C(=O)N2CCN(C[C@H]3CN(C(=O)c4cnc5ccccc5n4)CCO3)CC2)cc1. The molecule has 0 N–H and O–H groups in total. The van der Waals surface area contributed by atoms with E-state index in [0.717, 1.165) is 41.8 Å². The molecule has 0 unspecified atom stereocenters. The molecule has 3 heterocycles. The summed E-state index contributed by atoms with van der Waals surface area (Å²) in [5.74, 6) is -0.0260. The van der Waals surface area contributed by atoms with Crippen LogP contribution >= 0.6 is 0 Å². The number of piperazine rings is 1. The van der Waals surface area contributed by atoms with Gasteiger partial charge in [0.05, 0.1) is 29.9 Å². The summed E-state index contributed by atoms with van der Waals surface area (Å²) in [5.41, 5.74) is 3.74. The van der Waals surface area contributed by atoms with Crippen LogP contribution in [0.15, 0.2) is 54.7 Å². The van der Waals surface area contributed by atoms with E-state index >= 15 is 0 Å². The number of carbonyl (C=O) groups is 2. The second-order valence-corrected chi connectivity index (χ2v) is 8.95. The Morgan fingerprint density at radius 2 is 1.65 bits per heavy atom. The Kier molecular flexibility index (Phi) is 6.51. The zero-order chi connectivity index (χ0) is 23.5. The van der Waals surface area contributed by atoms with Crippen LogP contribution in [0.25, 0.3) is 11.0 Å². The maximum Gasteiger partial charge on any atom is 0.274 e. The molecule has 2 fully saturated rings. The van der Waals surface area contributed by atoms with Gasteiger partial charge in [-0.2, -0.15) is 0 Å². The summed E-state index contributed by atoms with van der Waals surface area (Å²) in [6.45, 7) is 7.29. The first-order valence-electron chi connectivity index (χ1n) is 11.8. The standard InChI is InChI=1S/C26H29N5O3/c1-19-6-8-20(9-7-19)25(32)30-12-10-29(11-13-30)17-21-18-31(14-15-34-21)26(33)24-16-27-22-4-2-3-5-23(22)28-24/h2-9,16,21H,10-15,17-18H2,1H3/t21-/m0/s1. The first-order valence-corrected chi connectivity index (χ1v) is 11.8. The number of aromatic nitrogens is 2. The van der Waals surface area contributed by atoms with Crippen molar-refractivity contribution in [1.29, 1.82) is 0 Å². The van der Waals surface area contributed by atoms with Crippen molar-refractivity contribution in [3.05, 3.63) is 71.5 Å². The highest BCUT2D eigenvalue weighted by Gasteiger charge is 2.29.